The summed E-state index contributed by atoms with van der Waals surface area (Å²) in [6, 6.07) is 0. The summed E-state index contributed by atoms with van der Waals surface area (Å²) in [6.45, 7) is 4.57. The van der Waals surface area contributed by atoms with Crippen LogP contribution in [0, 0.1) is 6.92 Å². The zero-order valence-electron chi connectivity index (χ0n) is 7.21. The molecule has 1 aromatic rings. The first-order valence-corrected chi connectivity index (χ1v) is 4.12. The molecular weight excluding hydrogens is 174 g/mol. The van der Waals surface area contributed by atoms with Gasteiger partial charge >= 0.3 is 0 Å². The van der Waals surface area contributed by atoms with Gasteiger partial charge in [-0.05, 0) is 19.4 Å². The number of rotatable bonds is 2. The van der Waals surface area contributed by atoms with E-state index in [1.807, 2.05) is 20.0 Å². The van der Waals surface area contributed by atoms with E-state index in [-0.39, 0.29) is 0 Å². The number of aryl methyl sites for hydroxylation is 1. The molecule has 1 aromatic heterocycles. The molecule has 0 aliphatic heterocycles. The number of anilines is 1. The van der Waals surface area contributed by atoms with E-state index < -0.39 is 0 Å². The first kappa shape index (κ1) is 9.13. The molecule has 2 N–H and O–H groups in total. The minimum Gasteiger partial charge on any atom is -0.382 e. The lowest BCUT2D eigenvalue weighted by Crippen LogP contribution is -2.00. The Hall–Kier alpha value is -0.960. The van der Waals surface area contributed by atoms with Crippen molar-refractivity contribution in [1.82, 2.24) is 9.78 Å². The highest BCUT2D eigenvalue weighted by Crippen LogP contribution is 2.08. The minimum atomic E-state index is 0.581. The molecule has 66 valence electrons. The summed E-state index contributed by atoms with van der Waals surface area (Å²) in [6.07, 6.45) is 1.90. The quantitative estimate of drug-likeness (QED) is 0.765. The zero-order chi connectivity index (χ0) is 9.14. The molecule has 0 atom stereocenters. The van der Waals surface area contributed by atoms with Gasteiger partial charge in [-0.25, -0.2) is 0 Å². The molecule has 0 saturated carbocycles. The van der Waals surface area contributed by atoms with Crippen molar-refractivity contribution in [3.8, 4) is 0 Å². The van der Waals surface area contributed by atoms with Crippen LogP contribution in [0.25, 0.3) is 0 Å². The van der Waals surface area contributed by atoms with Crippen molar-refractivity contribution in [2.24, 2.45) is 0 Å². The Balaban J connectivity index is 2.77. The second-order valence-electron chi connectivity index (χ2n) is 2.85. The summed E-state index contributed by atoms with van der Waals surface area (Å²) >= 11 is 5.51. The SMILES string of the molecule is C/C(=C/Cl)Cn1cc(C)c(N)n1. The maximum absolute atomic E-state index is 5.57. The molecule has 12 heavy (non-hydrogen) atoms. The van der Waals surface area contributed by atoms with Gasteiger partial charge in [0, 0.05) is 17.3 Å². The second kappa shape index (κ2) is 3.63. The number of nitrogens with zero attached hydrogens (tertiary/aromatic N) is 2. The van der Waals surface area contributed by atoms with Crippen LogP contribution in [0.5, 0.6) is 0 Å². The van der Waals surface area contributed by atoms with Gasteiger partial charge in [0.15, 0.2) is 0 Å². The molecule has 1 heterocycles. The number of nitrogen functional groups attached to an aromatic ring is 1. The van der Waals surface area contributed by atoms with Gasteiger partial charge in [-0.1, -0.05) is 11.6 Å². The highest BCUT2D eigenvalue weighted by molar-refractivity contribution is 6.25. The number of halogens is 1. The fourth-order valence-corrected chi connectivity index (χ4v) is 0.976. The maximum Gasteiger partial charge on any atom is 0.148 e. The van der Waals surface area contributed by atoms with Crippen LogP contribution in [-0.2, 0) is 6.54 Å². The minimum absolute atomic E-state index is 0.581. The van der Waals surface area contributed by atoms with Crippen molar-refractivity contribution < 1.29 is 0 Å². The topological polar surface area (TPSA) is 43.8 Å². The van der Waals surface area contributed by atoms with Crippen molar-refractivity contribution in [3.05, 3.63) is 22.9 Å². The molecule has 0 amide bonds. The van der Waals surface area contributed by atoms with E-state index in [0.717, 1.165) is 11.1 Å². The van der Waals surface area contributed by atoms with Crippen molar-refractivity contribution in [1.29, 1.82) is 0 Å². The van der Waals surface area contributed by atoms with Gasteiger partial charge < -0.3 is 5.73 Å². The molecule has 0 unspecified atom stereocenters. The Morgan fingerprint density at radius 2 is 2.50 bits per heavy atom. The van der Waals surface area contributed by atoms with E-state index >= 15 is 0 Å². The summed E-state index contributed by atoms with van der Waals surface area (Å²) in [4.78, 5) is 0. The summed E-state index contributed by atoms with van der Waals surface area (Å²) in [7, 11) is 0. The third-order valence-electron chi connectivity index (χ3n) is 1.58. The summed E-state index contributed by atoms with van der Waals surface area (Å²) in [5.41, 5.74) is 9.17. The first-order chi connectivity index (χ1) is 5.63. The molecule has 3 nitrogen and oxygen atoms in total. The van der Waals surface area contributed by atoms with Crippen LogP contribution < -0.4 is 5.73 Å². The predicted molar refractivity (Wildman–Crippen MR) is 51.0 cm³/mol. The fourth-order valence-electron chi connectivity index (χ4n) is 0.907. The maximum atomic E-state index is 5.57. The van der Waals surface area contributed by atoms with Crippen LogP contribution in [0.1, 0.15) is 12.5 Å². The van der Waals surface area contributed by atoms with Crippen LogP contribution in [-0.4, -0.2) is 9.78 Å². The lowest BCUT2D eigenvalue weighted by Gasteiger charge is -1.98. The Bertz CT molecular complexity index is 282. The Morgan fingerprint density at radius 1 is 1.83 bits per heavy atom. The van der Waals surface area contributed by atoms with Gasteiger partial charge in [-0.3, -0.25) is 4.68 Å². The van der Waals surface area contributed by atoms with E-state index in [4.69, 9.17) is 17.3 Å². The molecule has 0 aliphatic rings. The van der Waals surface area contributed by atoms with Crippen LogP contribution >= 0.6 is 11.6 Å². The van der Waals surface area contributed by atoms with Crippen LogP contribution in [0.15, 0.2) is 17.3 Å². The van der Waals surface area contributed by atoms with E-state index in [1.165, 1.54) is 0 Å². The number of nitrogens with two attached hydrogens (primary N) is 1. The molecule has 0 spiro atoms. The number of hydrogen-bond acceptors (Lipinski definition) is 2. The van der Waals surface area contributed by atoms with Gasteiger partial charge in [0.2, 0.25) is 0 Å². The molecular formula is C8H12ClN3. The fraction of sp³-hybridized carbons (Fsp3) is 0.375. The molecule has 1 rings (SSSR count). The standard InChI is InChI=1S/C8H12ClN3/c1-6(3-9)4-12-5-7(2)8(10)11-12/h3,5H,4H2,1-2H3,(H2,10,11)/b6-3-. The summed E-state index contributed by atoms with van der Waals surface area (Å²) in [5.74, 6) is 0.581. The normalized spacial score (nSPS) is 12.1. The summed E-state index contributed by atoms with van der Waals surface area (Å²) in [5, 5.41) is 4.09. The Morgan fingerprint density at radius 3 is 2.92 bits per heavy atom. The highest BCUT2D eigenvalue weighted by Gasteiger charge is 1.99. The molecule has 0 aromatic carbocycles. The van der Waals surface area contributed by atoms with Crippen molar-refractivity contribution in [2.75, 3.05) is 5.73 Å². The van der Waals surface area contributed by atoms with E-state index in [1.54, 1.807) is 10.2 Å². The molecule has 0 aliphatic carbocycles. The van der Waals surface area contributed by atoms with Crippen molar-refractivity contribution in [3.63, 3.8) is 0 Å². The van der Waals surface area contributed by atoms with E-state index in [0.29, 0.717) is 12.4 Å². The molecule has 0 radical (unpaired) electrons. The number of hydrogen-bond donors (Lipinski definition) is 1. The zero-order valence-corrected chi connectivity index (χ0v) is 7.97. The number of allylic oxidation sites excluding steroid dienone is 1. The smallest absolute Gasteiger partial charge is 0.148 e. The third kappa shape index (κ3) is 2.01. The van der Waals surface area contributed by atoms with Gasteiger partial charge in [0.05, 0.1) is 6.54 Å². The number of aromatic nitrogens is 2. The summed E-state index contributed by atoms with van der Waals surface area (Å²) < 4.78 is 1.78. The van der Waals surface area contributed by atoms with Gasteiger partial charge in [0.25, 0.3) is 0 Å². The third-order valence-corrected chi connectivity index (χ3v) is 1.95. The van der Waals surface area contributed by atoms with Gasteiger partial charge in [-0.2, -0.15) is 5.10 Å². The largest absolute Gasteiger partial charge is 0.382 e. The van der Waals surface area contributed by atoms with Crippen molar-refractivity contribution >= 4 is 17.4 Å². The average molecular weight is 186 g/mol. The van der Waals surface area contributed by atoms with Crippen LogP contribution in [0.3, 0.4) is 0 Å². The van der Waals surface area contributed by atoms with E-state index in [9.17, 15) is 0 Å². The van der Waals surface area contributed by atoms with Crippen molar-refractivity contribution in [2.45, 2.75) is 20.4 Å². The Kier molecular flexibility index (Phi) is 2.76. The predicted octanol–water partition coefficient (Wildman–Crippen LogP) is 1.92. The molecule has 4 heteroatoms. The van der Waals surface area contributed by atoms with E-state index in [2.05, 4.69) is 5.10 Å². The molecule has 0 bridgehead atoms. The Labute approximate surface area is 76.8 Å². The average Bonchev–Trinajstić information content (AvgIpc) is 2.31. The second-order valence-corrected chi connectivity index (χ2v) is 3.07. The lowest BCUT2D eigenvalue weighted by molar-refractivity contribution is 0.681. The monoisotopic (exact) mass is 185 g/mol. The van der Waals surface area contributed by atoms with Gasteiger partial charge in [-0.15, -0.1) is 0 Å². The lowest BCUT2D eigenvalue weighted by atomic mass is 10.3. The van der Waals surface area contributed by atoms with Crippen LogP contribution in [0.4, 0.5) is 5.82 Å². The first-order valence-electron chi connectivity index (χ1n) is 3.69. The molecule has 0 saturated heterocycles. The molecule has 0 fully saturated rings. The highest BCUT2D eigenvalue weighted by atomic mass is 35.5. The van der Waals surface area contributed by atoms with Gasteiger partial charge in [0.1, 0.15) is 5.82 Å². The van der Waals surface area contributed by atoms with Crippen LogP contribution in [0.2, 0.25) is 0 Å².